The molecule has 0 saturated carbocycles. The molecule has 2 aliphatic heterocycles. The third-order valence-corrected chi connectivity index (χ3v) is 7.25. The van der Waals surface area contributed by atoms with Gasteiger partial charge in [-0.15, -0.1) is 0 Å². The van der Waals surface area contributed by atoms with Gasteiger partial charge < -0.3 is 10.2 Å². The van der Waals surface area contributed by atoms with E-state index in [-0.39, 0.29) is 11.4 Å². The van der Waals surface area contributed by atoms with Crippen LogP contribution in [-0.4, -0.2) is 23.7 Å². The van der Waals surface area contributed by atoms with E-state index < -0.39 is 0 Å². The highest BCUT2D eigenvalue weighted by Crippen LogP contribution is 2.40. The number of amides is 1. The summed E-state index contributed by atoms with van der Waals surface area (Å²) in [7, 11) is 2.13. The average Bonchev–Trinajstić information content (AvgIpc) is 3.03. The third kappa shape index (κ3) is 3.94. The van der Waals surface area contributed by atoms with Crippen molar-refractivity contribution in [3.63, 3.8) is 0 Å². The summed E-state index contributed by atoms with van der Waals surface area (Å²) >= 11 is 1.40. The summed E-state index contributed by atoms with van der Waals surface area (Å²) in [5, 5.41) is 3.54. The average molecular weight is 432 g/mol. The van der Waals surface area contributed by atoms with Crippen LogP contribution in [0.5, 0.6) is 0 Å². The van der Waals surface area contributed by atoms with Crippen molar-refractivity contribution in [2.24, 2.45) is 4.99 Å². The first-order chi connectivity index (χ1) is 14.6. The van der Waals surface area contributed by atoms with Gasteiger partial charge in [-0.25, -0.2) is 4.99 Å². The highest BCUT2D eigenvalue weighted by Gasteiger charge is 2.29. The van der Waals surface area contributed by atoms with Crippen LogP contribution in [-0.2, 0) is 4.79 Å². The van der Waals surface area contributed by atoms with E-state index in [1.54, 1.807) is 0 Å². The van der Waals surface area contributed by atoms with Crippen molar-refractivity contribution in [1.29, 1.82) is 0 Å². The Morgan fingerprint density at radius 3 is 2.58 bits per heavy atom. The van der Waals surface area contributed by atoms with Gasteiger partial charge in [-0.2, -0.15) is 0 Å². The zero-order valence-corrected chi connectivity index (χ0v) is 20.1. The molecular weight excluding hydrogens is 402 g/mol. The number of fused-ring (bicyclic) bond motifs is 1. The fourth-order valence-corrected chi connectivity index (χ4v) is 4.89. The van der Waals surface area contributed by atoms with Crippen molar-refractivity contribution in [2.45, 2.75) is 47.1 Å². The molecule has 1 N–H and O–H groups in total. The number of carbonyl (C=O) groups excluding carboxylic acids is 1. The number of nitrogens with zero attached hydrogens (tertiary/aromatic N) is 2. The van der Waals surface area contributed by atoms with Crippen LogP contribution in [0.2, 0.25) is 0 Å². The van der Waals surface area contributed by atoms with Gasteiger partial charge in [-0.3, -0.25) is 4.79 Å². The molecule has 1 saturated heterocycles. The standard InChI is InChI=1S/C26H29N3OS/c1-15-9-8-10-21(18(15)4)27-25-28-24(30)23(31-25)13-19-12-20-17(3)14-26(5,6)29(7)22(20)11-16(19)2/h8-14H,1-7H3,(H,27,28,30)/b23-13+. The molecule has 0 bridgehead atoms. The predicted molar refractivity (Wildman–Crippen MR) is 134 cm³/mol. The Hall–Kier alpha value is -2.79. The van der Waals surface area contributed by atoms with Crippen molar-refractivity contribution in [1.82, 2.24) is 5.32 Å². The lowest BCUT2D eigenvalue weighted by molar-refractivity contribution is -0.115. The van der Waals surface area contributed by atoms with Gasteiger partial charge in [0.1, 0.15) is 0 Å². The molecule has 0 atom stereocenters. The number of rotatable bonds is 2. The lowest BCUT2D eigenvalue weighted by atomic mass is 9.87. The van der Waals surface area contributed by atoms with Crippen LogP contribution in [0, 0.1) is 20.8 Å². The van der Waals surface area contributed by atoms with Gasteiger partial charge in [-0.1, -0.05) is 18.2 Å². The summed E-state index contributed by atoms with van der Waals surface area (Å²) in [6, 6.07) is 10.5. The molecule has 160 valence electrons. The number of amidine groups is 1. The van der Waals surface area contributed by atoms with Crippen molar-refractivity contribution in [3.8, 4) is 0 Å². The number of carbonyl (C=O) groups is 1. The van der Waals surface area contributed by atoms with Gasteiger partial charge in [0.2, 0.25) is 0 Å². The van der Waals surface area contributed by atoms with Crippen LogP contribution < -0.4 is 10.2 Å². The monoisotopic (exact) mass is 431 g/mol. The molecule has 5 heteroatoms. The Kier molecular flexibility index (Phi) is 5.34. The quantitative estimate of drug-likeness (QED) is 0.581. The lowest BCUT2D eigenvalue weighted by Gasteiger charge is -2.41. The van der Waals surface area contributed by atoms with Gasteiger partial charge in [-0.05, 0) is 105 Å². The zero-order valence-electron chi connectivity index (χ0n) is 19.3. The molecule has 1 amide bonds. The second kappa shape index (κ2) is 7.72. The Balaban J connectivity index is 1.68. The number of hydrogen-bond acceptors (Lipinski definition) is 4. The highest BCUT2D eigenvalue weighted by molar-refractivity contribution is 8.18. The van der Waals surface area contributed by atoms with Gasteiger partial charge >= 0.3 is 0 Å². The molecule has 0 unspecified atom stereocenters. The normalized spacial score (nSPS) is 20.2. The number of anilines is 1. The van der Waals surface area contributed by atoms with E-state index in [0.717, 1.165) is 22.4 Å². The van der Waals surface area contributed by atoms with Crippen LogP contribution in [0.15, 0.2) is 46.3 Å². The number of nitrogens with one attached hydrogen (secondary N) is 1. The maximum Gasteiger partial charge on any atom is 0.264 e. The second-order valence-electron chi connectivity index (χ2n) is 8.97. The number of allylic oxidation sites excluding steroid dienone is 1. The van der Waals surface area contributed by atoms with Gasteiger partial charge in [0, 0.05) is 18.3 Å². The molecule has 2 aromatic rings. The first-order valence-corrected chi connectivity index (χ1v) is 11.3. The van der Waals surface area contributed by atoms with E-state index in [0.29, 0.717) is 10.1 Å². The molecule has 2 aliphatic rings. The molecule has 0 aliphatic carbocycles. The van der Waals surface area contributed by atoms with E-state index >= 15 is 0 Å². The van der Waals surface area contributed by atoms with E-state index in [1.165, 1.54) is 34.1 Å². The Morgan fingerprint density at radius 2 is 1.84 bits per heavy atom. The summed E-state index contributed by atoms with van der Waals surface area (Å²) in [5.41, 5.74) is 9.10. The molecule has 1 fully saturated rings. The van der Waals surface area contributed by atoms with Gasteiger partial charge in [0.05, 0.1) is 16.1 Å². The third-order valence-electron chi connectivity index (χ3n) is 6.34. The number of benzene rings is 2. The number of likely N-dealkylation sites (N-methyl/N-ethyl adjacent to an activating group) is 1. The fourth-order valence-electron chi connectivity index (χ4n) is 4.06. The summed E-state index contributed by atoms with van der Waals surface area (Å²) < 4.78 is 0. The minimum atomic E-state index is -0.100. The van der Waals surface area contributed by atoms with E-state index in [1.807, 2.05) is 18.2 Å². The van der Waals surface area contributed by atoms with Gasteiger partial charge in [0.25, 0.3) is 5.91 Å². The smallest absolute Gasteiger partial charge is 0.264 e. The minimum absolute atomic E-state index is 0.0238. The molecule has 31 heavy (non-hydrogen) atoms. The first kappa shape index (κ1) is 21.4. The molecular formula is C26H29N3OS. The Bertz CT molecular complexity index is 1190. The van der Waals surface area contributed by atoms with Crippen molar-refractivity contribution in [3.05, 3.63) is 69.1 Å². The second-order valence-corrected chi connectivity index (χ2v) is 10.00. The number of thioether (sulfide) groups is 1. The lowest BCUT2D eigenvalue weighted by Crippen LogP contribution is -2.42. The summed E-state index contributed by atoms with van der Waals surface area (Å²) in [4.78, 5) is 20.3. The molecule has 4 rings (SSSR count). The van der Waals surface area contributed by atoms with Crippen molar-refractivity contribution < 1.29 is 4.79 Å². The topological polar surface area (TPSA) is 44.7 Å². The van der Waals surface area contributed by atoms with E-state index in [4.69, 9.17) is 0 Å². The van der Waals surface area contributed by atoms with Crippen LogP contribution in [0.4, 0.5) is 11.4 Å². The molecule has 0 spiro atoms. The largest absolute Gasteiger partial charge is 0.365 e. The first-order valence-electron chi connectivity index (χ1n) is 10.5. The Labute approximate surface area is 189 Å². The van der Waals surface area contributed by atoms with Crippen LogP contribution in [0.25, 0.3) is 11.6 Å². The molecule has 2 heterocycles. The summed E-state index contributed by atoms with van der Waals surface area (Å²) in [5.74, 6) is -0.100. The maximum absolute atomic E-state index is 12.6. The van der Waals surface area contributed by atoms with Crippen molar-refractivity contribution >= 4 is 45.9 Å². The molecule has 4 nitrogen and oxygen atoms in total. The zero-order chi connectivity index (χ0) is 22.5. The van der Waals surface area contributed by atoms with E-state index in [2.05, 4.69) is 88.1 Å². The molecule has 0 aromatic heterocycles. The molecule has 0 radical (unpaired) electrons. The summed E-state index contributed by atoms with van der Waals surface area (Å²) in [6.45, 7) is 12.8. The van der Waals surface area contributed by atoms with E-state index in [9.17, 15) is 4.79 Å². The molecule has 2 aromatic carbocycles. The van der Waals surface area contributed by atoms with Crippen LogP contribution in [0.1, 0.15) is 48.6 Å². The van der Waals surface area contributed by atoms with Crippen LogP contribution in [0.3, 0.4) is 0 Å². The maximum atomic E-state index is 12.6. The predicted octanol–water partition coefficient (Wildman–Crippen LogP) is 6.14. The van der Waals surface area contributed by atoms with Gasteiger partial charge in [0.15, 0.2) is 5.17 Å². The Morgan fingerprint density at radius 1 is 1.10 bits per heavy atom. The summed E-state index contributed by atoms with van der Waals surface area (Å²) in [6.07, 6.45) is 4.28. The fraction of sp³-hybridized carbons (Fsp3) is 0.308. The minimum Gasteiger partial charge on any atom is -0.365 e. The number of aryl methyl sites for hydroxylation is 2. The SMILES string of the molecule is CC1=CC(C)(C)N(C)c2cc(C)c(/C=C3/SC(=Nc4cccc(C)c4C)NC3=O)cc21. The highest BCUT2D eigenvalue weighted by atomic mass is 32.2. The number of aliphatic imine (C=N–C) groups is 1. The van der Waals surface area contributed by atoms with Crippen molar-refractivity contribution in [2.75, 3.05) is 11.9 Å². The number of hydrogen-bond donors (Lipinski definition) is 1. The van der Waals surface area contributed by atoms with Crippen LogP contribution >= 0.6 is 11.8 Å².